The molecule has 0 aliphatic rings. The van der Waals surface area contributed by atoms with E-state index in [4.69, 9.17) is 4.74 Å². The maximum absolute atomic E-state index is 13.7. The van der Waals surface area contributed by atoms with Crippen LogP contribution >= 0.6 is 0 Å². The van der Waals surface area contributed by atoms with E-state index in [2.05, 4.69) is 15.3 Å². The molecular formula is C29H26N4O4. The number of carbonyl (C=O) groups is 3. The molecule has 0 bridgehead atoms. The number of methoxy groups -OCH3 is 1. The molecule has 1 aromatic heterocycles. The van der Waals surface area contributed by atoms with Crippen LogP contribution in [0, 0.1) is 0 Å². The maximum atomic E-state index is 13.7. The summed E-state index contributed by atoms with van der Waals surface area (Å²) in [6.45, 7) is 0.438. The van der Waals surface area contributed by atoms with Crippen molar-refractivity contribution in [2.45, 2.75) is 19.1 Å². The van der Waals surface area contributed by atoms with Crippen LogP contribution in [0.15, 0.2) is 104 Å². The summed E-state index contributed by atoms with van der Waals surface area (Å²) < 4.78 is 4.80. The van der Waals surface area contributed by atoms with E-state index in [0.717, 1.165) is 11.1 Å². The molecule has 0 spiro atoms. The van der Waals surface area contributed by atoms with Crippen LogP contribution in [0.25, 0.3) is 0 Å². The van der Waals surface area contributed by atoms with Gasteiger partial charge in [-0.2, -0.15) is 0 Å². The number of rotatable bonds is 9. The number of esters is 1. The third-order valence-electron chi connectivity index (χ3n) is 5.76. The highest BCUT2D eigenvalue weighted by molar-refractivity contribution is 5.96. The zero-order chi connectivity index (χ0) is 26.0. The minimum atomic E-state index is -1.01. The SMILES string of the molecule is COC(=O)c1ccc(C(C(=O)NCc2ccccc2)N(Cc2ccccc2)C(=O)c2cnccn2)cc1. The third kappa shape index (κ3) is 6.43. The Balaban J connectivity index is 1.74. The average Bonchev–Trinajstić information content (AvgIpc) is 2.97. The van der Waals surface area contributed by atoms with Gasteiger partial charge in [0, 0.05) is 25.5 Å². The monoisotopic (exact) mass is 494 g/mol. The fraction of sp³-hybridized carbons (Fsp3) is 0.138. The number of hydrogen-bond acceptors (Lipinski definition) is 6. The molecule has 8 heteroatoms. The maximum Gasteiger partial charge on any atom is 0.337 e. The second kappa shape index (κ2) is 12.2. The molecule has 4 rings (SSSR count). The van der Waals surface area contributed by atoms with Gasteiger partial charge in [-0.15, -0.1) is 0 Å². The first-order valence-corrected chi connectivity index (χ1v) is 11.7. The molecular weight excluding hydrogens is 468 g/mol. The van der Waals surface area contributed by atoms with Crippen molar-refractivity contribution in [3.8, 4) is 0 Å². The normalized spacial score (nSPS) is 11.3. The molecule has 186 valence electrons. The second-order valence-corrected chi connectivity index (χ2v) is 8.23. The lowest BCUT2D eigenvalue weighted by Crippen LogP contribution is -2.43. The second-order valence-electron chi connectivity index (χ2n) is 8.23. The van der Waals surface area contributed by atoms with Gasteiger partial charge in [0.1, 0.15) is 11.7 Å². The van der Waals surface area contributed by atoms with Crippen molar-refractivity contribution in [1.82, 2.24) is 20.2 Å². The minimum absolute atomic E-state index is 0.116. The number of hydrogen-bond donors (Lipinski definition) is 1. The summed E-state index contributed by atoms with van der Waals surface area (Å²) >= 11 is 0. The van der Waals surface area contributed by atoms with Crippen molar-refractivity contribution < 1.29 is 19.1 Å². The van der Waals surface area contributed by atoms with E-state index in [9.17, 15) is 14.4 Å². The van der Waals surface area contributed by atoms with Gasteiger partial charge in [0.05, 0.1) is 18.9 Å². The summed E-state index contributed by atoms with van der Waals surface area (Å²) in [5.41, 5.74) is 2.75. The fourth-order valence-corrected chi connectivity index (χ4v) is 3.89. The lowest BCUT2D eigenvalue weighted by Gasteiger charge is -2.31. The first-order chi connectivity index (χ1) is 18.1. The number of aromatic nitrogens is 2. The zero-order valence-corrected chi connectivity index (χ0v) is 20.3. The summed E-state index contributed by atoms with van der Waals surface area (Å²) in [4.78, 5) is 49.1. The van der Waals surface area contributed by atoms with Crippen LogP contribution in [-0.4, -0.2) is 39.8 Å². The summed E-state index contributed by atoms with van der Waals surface area (Å²) in [5.74, 6) is -1.31. The molecule has 0 fully saturated rings. The molecule has 1 unspecified atom stereocenters. The molecule has 0 aliphatic heterocycles. The van der Waals surface area contributed by atoms with E-state index in [-0.39, 0.29) is 24.7 Å². The van der Waals surface area contributed by atoms with Gasteiger partial charge in [-0.3, -0.25) is 14.6 Å². The number of amides is 2. The molecule has 0 saturated heterocycles. The third-order valence-corrected chi connectivity index (χ3v) is 5.76. The van der Waals surface area contributed by atoms with Gasteiger partial charge in [-0.1, -0.05) is 72.8 Å². The van der Waals surface area contributed by atoms with Crippen molar-refractivity contribution in [3.63, 3.8) is 0 Å². The Morgan fingerprint density at radius 2 is 1.51 bits per heavy atom. The molecule has 1 atom stereocenters. The number of nitrogens with zero attached hydrogens (tertiary/aromatic N) is 3. The quantitative estimate of drug-likeness (QED) is 0.354. The van der Waals surface area contributed by atoms with Crippen molar-refractivity contribution in [2.24, 2.45) is 0 Å². The highest BCUT2D eigenvalue weighted by atomic mass is 16.5. The molecule has 0 saturated carbocycles. The molecule has 2 amide bonds. The van der Waals surface area contributed by atoms with Crippen LogP contribution in [0.3, 0.4) is 0 Å². The summed E-state index contributed by atoms with van der Waals surface area (Å²) in [6.07, 6.45) is 4.29. The Morgan fingerprint density at radius 1 is 0.865 bits per heavy atom. The van der Waals surface area contributed by atoms with E-state index in [1.807, 2.05) is 60.7 Å². The number of carbonyl (C=O) groups excluding carboxylic acids is 3. The van der Waals surface area contributed by atoms with Crippen LogP contribution in [0.1, 0.15) is 43.6 Å². The molecule has 3 aromatic carbocycles. The van der Waals surface area contributed by atoms with Gasteiger partial charge in [-0.05, 0) is 28.8 Å². The van der Waals surface area contributed by atoms with Crippen LogP contribution in [-0.2, 0) is 22.6 Å². The Bertz CT molecular complexity index is 1330. The van der Waals surface area contributed by atoms with Gasteiger partial charge in [0.15, 0.2) is 0 Å². The molecule has 0 radical (unpaired) electrons. The largest absolute Gasteiger partial charge is 0.465 e. The van der Waals surface area contributed by atoms with E-state index in [0.29, 0.717) is 11.1 Å². The van der Waals surface area contributed by atoms with Crippen molar-refractivity contribution >= 4 is 17.8 Å². The Labute approximate surface area is 215 Å². The molecule has 8 nitrogen and oxygen atoms in total. The first-order valence-electron chi connectivity index (χ1n) is 11.7. The Hall–Kier alpha value is -4.85. The molecule has 0 aliphatic carbocycles. The van der Waals surface area contributed by atoms with Gasteiger partial charge in [0.2, 0.25) is 5.91 Å². The molecule has 37 heavy (non-hydrogen) atoms. The van der Waals surface area contributed by atoms with Crippen molar-refractivity contribution in [3.05, 3.63) is 131 Å². The van der Waals surface area contributed by atoms with E-state index in [1.54, 1.807) is 24.3 Å². The highest BCUT2D eigenvalue weighted by Gasteiger charge is 2.33. The van der Waals surface area contributed by atoms with Gasteiger partial charge < -0.3 is 15.0 Å². The first kappa shape index (κ1) is 25.2. The van der Waals surface area contributed by atoms with Crippen LogP contribution in [0.4, 0.5) is 0 Å². The van der Waals surface area contributed by atoms with E-state index >= 15 is 0 Å². The number of nitrogens with one attached hydrogen (secondary N) is 1. The van der Waals surface area contributed by atoms with Crippen molar-refractivity contribution in [2.75, 3.05) is 7.11 Å². The van der Waals surface area contributed by atoms with Crippen LogP contribution in [0.2, 0.25) is 0 Å². The average molecular weight is 495 g/mol. The molecule has 1 N–H and O–H groups in total. The molecule has 4 aromatic rings. The summed E-state index contributed by atoms with van der Waals surface area (Å²) in [5, 5.41) is 2.96. The molecule has 1 heterocycles. The summed E-state index contributed by atoms with van der Waals surface area (Å²) in [6, 6.07) is 24.4. The lowest BCUT2D eigenvalue weighted by atomic mass is 10.0. The topological polar surface area (TPSA) is 101 Å². The fourth-order valence-electron chi connectivity index (χ4n) is 3.89. The summed E-state index contributed by atoms with van der Waals surface area (Å²) in [7, 11) is 1.30. The zero-order valence-electron chi connectivity index (χ0n) is 20.3. The van der Waals surface area contributed by atoms with E-state index in [1.165, 1.54) is 30.6 Å². The Morgan fingerprint density at radius 3 is 2.11 bits per heavy atom. The van der Waals surface area contributed by atoms with E-state index < -0.39 is 17.9 Å². The standard InChI is InChI=1S/C29H26N4O4/c1-37-29(36)24-14-12-23(13-15-24)26(27(34)32-18-21-8-4-2-5-9-21)33(20-22-10-6-3-7-11-22)28(35)25-19-30-16-17-31-25/h2-17,19,26H,18,20H2,1H3,(H,32,34). The van der Waals surface area contributed by atoms with Crippen molar-refractivity contribution in [1.29, 1.82) is 0 Å². The predicted octanol–water partition coefficient (Wildman–Crippen LogP) is 3.96. The van der Waals surface area contributed by atoms with Crippen LogP contribution in [0.5, 0.6) is 0 Å². The minimum Gasteiger partial charge on any atom is -0.465 e. The number of ether oxygens (including phenoxy) is 1. The van der Waals surface area contributed by atoms with Gasteiger partial charge in [-0.25, -0.2) is 9.78 Å². The van der Waals surface area contributed by atoms with Gasteiger partial charge in [0.25, 0.3) is 5.91 Å². The van der Waals surface area contributed by atoms with Crippen LogP contribution < -0.4 is 5.32 Å². The lowest BCUT2D eigenvalue weighted by molar-refractivity contribution is -0.126. The number of benzene rings is 3. The highest BCUT2D eigenvalue weighted by Crippen LogP contribution is 2.26. The predicted molar refractivity (Wildman–Crippen MR) is 137 cm³/mol. The smallest absolute Gasteiger partial charge is 0.337 e. The van der Waals surface area contributed by atoms with Gasteiger partial charge >= 0.3 is 5.97 Å². The Kier molecular flexibility index (Phi) is 8.33.